The highest BCUT2D eigenvalue weighted by Crippen LogP contribution is 2.15. The van der Waals surface area contributed by atoms with E-state index in [0.29, 0.717) is 30.4 Å². The van der Waals surface area contributed by atoms with Gasteiger partial charge < -0.3 is 10.1 Å². The molecule has 5 heteroatoms. The molecule has 0 aromatic rings. The maximum absolute atomic E-state index is 11.6. The molecule has 0 aromatic heterocycles. The largest absolute Gasteiger partial charge is 0.444 e. The number of ether oxygens (including phenoxy) is 1. The molecule has 1 amide bonds. The van der Waals surface area contributed by atoms with E-state index in [2.05, 4.69) is 19.2 Å². The van der Waals surface area contributed by atoms with Crippen LogP contribution in [-0.2, 0) is 9.53 Å². The monoisotopic (exact) mass is 303 g/mol. The maximum Gasteiger partial charge on any atom is 0.407 e. The molecule has 4 nitrogen and oxygen atoms in total. The molecule has 0 spiro atoms. The third kappa shape index (κ3) is 12.3. The summed E-state index contributed by atoms with van der Waals surface area (Å²) in [5.41, 5.74) is -0.462. The Balaban J connectivity index is 3.64. The number of carbonyl (C=O) groups excluding carboxylic acids is 2. The zero-order valence-electron chi connectivity index (χ0n) is 13.5. The van der Waals surface area contributed by atoms with Crippen LogP contribution < -0.4 is 5.32 Å². The Bertz CT molecular complexity index is 300. The number of thioether (sulfide) groups is 1. The smallest absolute Gasteiger partial charge is 0.407 e. The molecule has 1 atom stereocenters. The van der Waals surface area contributed by atoms with Crippen molar-refractivity contribution in [3.63, 3.8) is 0 Å². The molecular formula is C15H29NO3S. The number of hydrogen-bond acceptors (Lipinski definition) is 4. The van der Waals surface area contributed by atoms with Gasteiger partial charge in [0.1, 0.15) is 11.4 Å². The van der Waals surface area contributed by atoms with Gasteiger partial charge in [0.05, 0.1) is 0 Å². The van der Waals surface area contributed by atoms with E-state index in [1.807, 2.05) is 20.8 Å². The van der Waals surface area contributed by atoms with Crippen molar-refractivity contribution in [3.05, 3.63) is 0 Å². The van der Waals surface area contributed by atoms with E-state index < -0.39 is 5.60 Å². The highest BCUT2D eigenvalue weighted by molar-refractivity contribution is 7.99. The van der Waals surface area contributed by atoms with Crippen molar-refractivity contribution < 1.29 is 14.3 Å². The molecule has 118 valence electrons. The van der Waals surface area contributed by atoms with Crippen LogP contribution in [0.5, 0.6) is 0 Å². The summed E-state index contributed by atoms with van der Waals surface area (Å²) < 4.78 is 5.14. The van der Waals surface area contributed by atoms with E-state index in [0.717, 1.165) is 18.6 Å². The number of hydrogen-bond donors (Lipinski definition) is 1. The van der Waals surface area contributed by atoms with E-state index in [9.17, 15) is 9.59 Å². The van der Waals surface area contributed by atoms with Crippen LogP contribution in [0, 0.1) is 0 Å². The molecule has 0 heterocycles. The summed E-state index contributed by atoms with van der Waals surface area (Å²) in [5, 5.41) is 3.02. The van der Waals surface area contributed by atoms with E-state index in [1.54, 1.807) is 11.8 Å². The Labute approximate surface area is 127 Å². The standard InChI is InChI=1S/C15H29NO3S/c1-6-7-8-13(17)11-12(2)20-10-9-16-14(18)19-15(3,4)5/h12H,6-11H2,1-5H3,(H,16,18). The molecule has 0 aliphatic heterocycles. The lowest BCUT2D eigenvalue weighted by Gasteiger charge is -2.19. The predicted octanol–water partition coefficient (Wildman–Crippen LogP) is 3.78. The molecule has 0 saturated carbocycles. The van der Waals surface area contributed by atoms with Crippen LogP contribution in [0.3, 0.4) is 0 Å². The highest BCUT2D eigenvalue weighted by Gasteiger charge is 2.15. The first-order valence-electron chi connectivity index (χ1n) is 7.34. The fourth-order valence-corrected chi connectivity index (χ4v) is 2.51. The molecule has 0 rings (SSSR count). The second-order valence-electron chi connectivity index (χ2n) is 5.96. The van der Waals surface area contributed by atoms with Crippen LogP contribution in [0.4, 0.5) is 4.79 Å². The topological polar surface area (TPSA) is 55.4 Å². The van der Waals surface area contributed by atoms with Crippen molar-refractivity contribution >= 4 is 23.6 Å². The van der Waals surface area contributed by atoms with Crippen LogP contribution in [0.25, 0.3) is 0 Å². The number of alkyl carbamates (subject to hydrolysis) is 1. The second kappa shape index (κ2) is 10.1. The van der Waals surface area contributed by atoms with E-state index in [-0.39, 0.29) is 6.09 Å². The molecule has 20 heavy (non-hydrogen) atoms. The van der Waals surface area contributed by atoms with Crippen molar-refractivity contribution in [1.82, 2.24) is 5.32 Å². The van der Waals surface area contributed by atoms with Gasteiger partial charge in [-0.2, -0.15) is 11.8 Å². The van der Waals surface area contributed by atoms with Crippen molar-refractivity contribution in [2.75, 3.05) is 12.3 Å². The second-order valence-corrected chi connectivity index (χ2v) is 7.50. The van der Waals surface area contributed by atoms with Gasteiger partial charge in [-0.3, -0.25) is 4.79 Å². The number of amides is 1. The summed E-state index contributed by atoms with van der Waals surface area (Å²) in [6.07, 6.45) is 2.97. The van der Waals surface area contributed by atoms with Crippen LogP contribution in [0.1, 0.15) is 60.3 Å². The quantitative estimate of drug-likeness (QED) is 0.659. The Morgan fingerprint density at radius 2 is 1.95 bits per heavy atom. The number of Topliss-reactive ketones (excluding diaryl/α,β-unsaturated/α-hetero) is 1. The normalized spacial score (nSPS) is 12.8. The number of unbranched alkanes of at least 4 members (excludes halogenated alkanes) is 1. The van der Waals surface area contributed by atoms with Gasteiger partial charge in [-0.25, -0.2) is 4.79 Å². The summed E-state index contributed by atoms with van der Waals surface area (Å²) in [6, 6.07) is 0. The van der Waals surface area contributed by atoms with Crippen LogP contribution in [0.2, 0.25) is 0 Å². The zero-order chi connectivity index (χ0) is 15.6. The Hall–Kier alpha value is -0.710. The zero-order valence-corrected chi connectivity index (χ0v) is 14.3. The molecule has 1 unspecified atom stereocenters. The lowest BCUT2D eigenvalue weighted by molar-refractivity contribution is -0.119. The lowest BCUT2D eigenvalue weighted by atomic mass is 10.1. The highest BCUT2D eigenvalue weighted by atomic mass is 32.2. The number of carbonyl (C=O) groups is 2. The first kappa shape index (κ1) is 19.3. The Morgan fingerprint density at radius 3 is 2.50 bits per heavy atom. The van der Waals surface area contributed by atoms with E-state index >= 15 is 0 Å². The summed E-state index contributed by atoms with van der Waals surface area (Å²) in [5.74, 6) is 1.13. The number of ketones is 1. The average molecular weight is 303 g/mol. The summed E-state index contributed by atoms with van der Waals surface area (Å²) in [7, 11) is 0. The van der Waals surface area contributed by atoms with Gasteiger partial charge in [0.2, 0.25) is 0 Å². The fourth-order valence-electron chi connectivity index (χ4n) is 1.58. The van der Waals surface area contributed by atoms with Gasteiger partial charge in [-0.1, -0.05) is 20.3 Å². The third-order valence-electron chi connectivity index (χ3n) is 2.50. The molecule has 0 bridgehead atoms. The predicted molar refractivity (Wildman–Crippen MR) is 85.3 cm³/mol. The fraction of sp³-hybridized carbons (Fsp3) is 0.867. The molecule has 0 fully saturated rings. The number of rotatable bonds is 9. The molecule has 0 radical (unpaired) electrons. The minimum Gasteiger partial charge on any atom is -0.444 e. The molecule has 1 N–H and O–H groups in total. The summed E-state index contributed by atoms with van der Waals surface area (Å²) in [4.78, 5) is 23.0. The average Bonchev–Trinajstić information content (AvgIpc) is 2.30. The summed E-state index contributed by atoms with van der Waals surface area (Å²) >= 11 is 1.71. The molecule has 0 saturated heterocycles. The first-order valence-corrected chi connectivity index (χ1v) is 8.39. The Kier molecular flexibility index (Phi) is 9.72. The van der Waals surface area contributed by atoms with Crippen molar-refractivity contribution in [1.29, 1.82) is 0 Å². The number of nitrogens with one attached hydrogen (secondary N) is 1. The third-order valence-corrected chi connectivity index (χ3v) is 3.67. The van der Waals surface area contributed by atoms with E-state index in [4.69, 9.17) is 4.74 Å². The van der Waals surface area contributed by atoms with Gasteiger partial charge >= 0.3 is 6.09 Å². The van der Waals surface area contributed by atoms with Gasteiger partial charge in [0.25, 0.3) is 0 Å². The van der Waals surface area contributed by atoms with Crippen molar-refractivity contribution in [3.8, 4) is 0 Å². The lowest BCUT2D eigenvalue weighted by Crippen LogP contribution is -2.33. The minimum absolute atomic E-state index is 0.305. The van der Waals surface area contributed by atoms with Gasteiger partial charge in [-0.05, 0) is 27.2 Å². The minimum atomic E-state index is -0.462. The van der Waals surface area contributed by atoms with Gasteiger partial charge in [0, 0.05) is 30.4 Å². The Morgan fingerprint density at radius 1 is 1.30 bits per heavy atom. The first-order chi connectivity index (χ1) is 9.24. The van der Waals surface area contributed by atoms with Gasteiger partial charge in [0.15, 0.2) is 0 Å². The van der Waals surface area contributed by atoms with Crippen molar-refractivity contribution in [2.24, 2.45) is 0 Å². The molecule has 0 aromatic carbocycles. The van der Waals surface area contributed by atoms with E-state index in [1.165, 1.54) is 0 Å². The molecular weight excluding hydrogens is 274 g/mol. The molecule has 0 aliphatic rings. The maximum atomic E-state index is 11.6. The van der Waals surface area contributed by atoms with Crippen LogP contribution in [0.15, 0.2) is 0 Å². The van der Waals surface area contributed by atoms with Crippen LogP contribution >= 0.6 is 11.8 Å². The van der Waals surface area contributed by atoms with Crippen molar-refractivity contribution in [2.45, 2.75) is 71.2 Å². The molecule has 0 aliphatic carbocycles. The summed E-state index contributed by atoms with van der Waals surface area (Å²) in [6.45, 7) is 10.2. The SMILES string of the molecule is CCCCC(=O)CC(C)SCCNC(=O)OC(C)(C)C. The van der Waals surface area contributed by atoms with Gasteiger partial charge in [-0.15, -0.1) is 0 Å². The van der Waals surface area contributed by atoms with Crippen LogP contribution in [-0.4, -0.2) is 35.0 Å².